The Morgan fingerprint density at radius 1 is 1.26 bits per heavy atom. The monoisotopic (exact) mass is 449 g/mol. The second kappa shape index (κ2) is 9.84. The molecule has 1 aromatic carbocycles. The van der Waals surface area contributed by atoms with Crippen LogP contribution >= 0.6 is 0 Å². The summed E-state index contributed by atoms with van der Waals surface area (Å²) in [5.74, 6) is -1.61. The minimum atomic E-state index is -1.07. The van der Waals surface area contributed by atoms with Gasteiger partial charge in [-0.05, 0) is 37.5 Å². The second-order valence-electron chi connectivity index (χ2n) is 7.07. The number of aromatic nitrogens is 3. The summed E-state index contributed by atoms with van der Waals surface area (Å²) in [6.07, 6.45) is 8.14. The number of anilines is 2. The van der Waals surface area contributed by atoms with E-state index in [0.717, 1.165) is 19.2 Å². The Bertz CT molecular complexity index is 1110. The van der Waals surface area contributed by atoms with E-state index in [0.29, 0.717) is 16.9 Å². The van der Waals surface area contributed by atoms with E-state index >= 15 is 0 Å². The number of nitrogens with one attached hydrogen (secondary N) is 1. The van der Waals surface area contributed by atoms with E-state index in [1.165, 1.54) is 48.4 Å². The maximum Gasteiger partial charge on any atom is 0.337 e. The first-order valence-corrected chi connectivity index (χ1v) is 11.2. The predicted molar refractivity (Wildman–Crippen MR) is 116 cm³/mol. The number of carboxylic acid groups (broad SMARTS) is 1. The molecule has 2 aromatic heterocycles. The topological polar surface area (TPSA) is 120 Å². The molecule has 3 N–H and O–H groups in total. The minimum Gasteiger partial charge on any atom is -0.506 e. The van der Waals surface area contributed by atoms with E-state index in [1.807, 2.05) is 4.31 Å². The van der Waals surface area contributed by atoms with Gasteiger partial charge in [0.15, 0.2) is 5.82 Å². The van der Waals surface area contributed by atoms with E-state index in [9.17, 15) is 18.5 Å². The number of rotatable bonds is 4. The Balaban J connectivity index is 0.000000254. The third-order valence-corrected chi connectivity index (χ3v) is 6.04. The van der Waals surface area contributed by atoms with Gasteiger partial charge in [-0.2, -0.15) is 5.10 Å². The quantitative estimate of drug-likeness (QED) is 0.524. The van der Waals surface area contributed by atoms with Crippen LogP contribution in [-0.2, 0) is 11.0 Å². The van der Waals surface area contributed by atoms with Crippen LogP contribution in [0.15, 0.2) is 30.7 Å². The van der Waals surface area contributed by atoms with Crippen LogP contribution in [0, 0.1) is 12.7 Å². The lowest BCUT2D eigenvalue weighted by molar-refractivity contribution is 0.0696. The second-order valence-corrected chi connectivity index (χ2v) is 8.44. The van der Waals surface area contributed by atoms with E-state index < -0.39 is 22.8 Å². The maximum absolute atomic E-state index is 13.0. The summed E-state index contributed by atoms with van der Waals surface area (Å²) in [6, 6.07) is 3.52. The summed E-state index contributed by atoms with van der Waals surface area (Å²) in [5.41, 5.74) is 1.30. The van der Waals surface area contributed by atoms with E-state index in [-0.39, 0.29) is 17.0 Å². The van der Waals surface area contributed by atoms with Crippen LogP contribution in [0.5, 0.6) is 5.75 Å². The fourth-order valence-corrected chi connectivity index (χ4v) is 4.10. The zero-order valence-electron chi connectivity index (χ0n) is 17.2. The first-order chi connectivity index (χ1) is 14.8. The number of aromatic hydroxyl groups is 1. The van der Waals surface area contributed by atoms with Crippen molar-refractivity contribution in [2.45, 2.75) is 26.2 Å². The molecule has 0 saturated carbocycles. The highest BCUT2D eigenvalue weighted by Gasteiger charge is 2.17. The molecule has 11 heteroatoms. The van der Waals surface area contributed by atoms with Crippen molar-refractivity contribution >= 4 is 34.0 Å². The molecule has 31 heavy (non-hydrogen) atoms. The number of hydrogen-bond donors (Lipinski definition) is 3. The maximum atomic E-state index is 13.0. The molecule has 1 aliphatic heterocycles. The third-order valence-electron chi connectivity index (χ3n) is 4.95. The van der Waals surface area contributed by atoms with Gasteiger partial charge in [-0.1, -0.05) is 6.42 Å². The number of phenols is 1. The van der Waals surface area contributed by atoms with Crippen molar-refractivity contribution in [3.8, 4) is 5.75 Å². The van der Waals surface area contributed by atoms with Crippen molar-refractivity contribution in [2.75, 3.05) is 24.7 Å². The predicted octanol–water partition coefficient (Wildman–Crippen LogP) is 3.09. The van der Waals surface area contributed by atoms with Crippen LogP contribution in [0.4, 0.5) is 15.9 Å². The molecular formula is C20H24FN5O4S. The smallest absolute Gasteiger partial charge is 0.337 e. The minimum absolute atomic E-state index is 0.104. The summed E-state index contributed by atoms with van der Waals surface area (Å²) in [6.45, 7) is 3.70. The molecule has 0 spiro atoms. The molecule has 3 heterocycles. The van der Waals surface area contributed by atoms with Gasteiger partial charge >= 0.3 is 5.97 Å². The summed E-state index contributed by atoms with van der Waals surface area (Å²) in [4.78, 5) is 15.2. The van der Waals surface area contributed by atoms with Gasteiger partial charge in [-0.3, -0.25) is 0 Å². The van der Waals surface area contributed by atoms with E-state index in [4.69, 9.17) is 5.11 Å². The fraction of sp³-hybridized carbons (Fsp3) is 0.350. The molecular weight excluding hydrogens is 425 g/mol. The number of fused-ring (bicyclic) bond motifs is 1. The Hall–Kier alpha value is -3.05. The van der Waals surface area contributed by atoms with Gasteiger partial charge in [0.2, 0.25) is 0 Å². The fourth-order valence-electron chi connectivity index (χ4n) is 3.33. The molecule has 0 amide bonds. The molecule has 4 rings (SSSR count). The molecule has 3 aromatic rings. The lowest BCUT2D eigenvalue weighted by Crippen LogP contribution is -2.30. The van der Waals surface area contributed by atoms with Gasteiger partial charge in [0, 0.05) is 31.6 Å². The van der Waals surface area contributed by atoms with Crippen LogP contribution in [0.25, 0.3) is 5.52 Å². The number of aryl methyl sites for hydroxylation is 1. The van der Waals surface area contributed by atoms with Gasteiger partial charge in [0.25, 0.3) is 0 Å². The molecule has 0 aliphatic carbocycles. The van der Waals surface area contributed by atoms with Gasteiger partial charge in [0.05, 0.1) is 22.2 Å². The van der Waals surface area contributed by atoms with Crippen molar-refractivity contribution in [3.63, 3.8) is 0 Å². The number of piperidine rings is 1. The van der Waals surface area contributed by atoms with E-state index in [2.05, 4.69) is 15.4 Å². The number of nitrogens with zero attached hydrogens (tertiary/aromatic N) is 4. The van der Waals surface area contributed by atoms with Crippen molar-refractivity contribution < 1.29 is 23.6 Å². The number of phenolic OH excluding ortho intramolecular Hbond substituents is 1. The molecule has 9 nitrogen and oxygen atoms in total. The zero-order chi connectivity index (χ0) is 22.5. The molecule has 166 valence electrons. The molecule has 0 bridgehead atoms. The van der Waals surface area contributed by atoms with Crippen molar-refractivity contribution in [1.29, 1.82) is 0 Å². The van der Waals surface area contributed by atoms with Crippen molar-refractivity contribution in [2.24, 2.45) is 0 Å². The van der Waals surface area contributed by atoms with Crippen LogP contribution in [-0.4, -0.2) is 58.6 Å². The molecule has 1 atom stereocenters. The first kappa shape index (κ1) is 22.6. The van der Waals surface area contributed by atoms with Gasteiger partial charge in [0.1, 0.15) is 23.4 Å². The summed E-state index contributed by atoms with van der Waals surface area (Å²) in [7, 11) is -0.719. The molecule has 1 aliphatic rings. The SMILES string of the molecule is CS(=O)N1CCCCC1.Cc1c(C(=O)O)cn2ncnc(Nc3ccc(F)cc3O)c12. The van der Waals surface area contributed by atoms with Crippen LogP contribution in [0.1, 0.15) is 35.2 Å². The van der Waals surface area contributed by atoms with Gasteiger partial charge < -0.3 is 15.5 Å². The number of halogens is 1. The van der Waals surface area contributed by atoms with Crippen LogP contribution in [0.2, 0.25) is 0 Å². The number of carbonyl (C=O) groups is 1. The van der Waals surface area contributed by atoms with Crippen molar-refractivity contribution in [1.82, 2.24) is 18.9 Å². The van der Waals surface area contributed by atoms with E-state index in [1.54, 1.807) is 13.2 Å². The highest BCUT2D eigenvalue weighted by Crippen LogP contribution is 2.30. The summed E-state index contributed by atoms with van der Waals surface area (Å²) in [5, 5.41) is 25.7. The number of aromatic carboxylic acids is 1. The lowest BCUT2D eigenvalue weighted by atomic mass is 10.2. The van der Waals surface area contributed by atoms with Crippen molar-refractivity contribution in [3.05, 3.63) is 47.7 Å². The van der Waals surface area contributed by atoms with Crippen LogP contribution < -0.4 is 5.32 Å². The Morgan fingerprint density at radius 2 is 1.97 bits per heavy atom. The number of benzene rings is 1. The Morgan fingerprint density at radius 3 is 2.55 bits per heavy atom. The third kappa shape index (κ3) is 5.36. The molecule has 0 radical (unpaired) electrons. The Kier molecular flexibility index (Phi) is 7.18. The van der Waals surface area contributed by atoms with Gasteiger partial charge in [-0.15, -0.1) is 0 Å². The summed E-state index contributed by atoms with van der Waals surface area (Å²) >= 11 is 0. The Labute approximate surface area is 181 Å². The average Bonchev–Trinajstić information content (AvgIpc) is 3.09. The molecule has 1 saturated heterocycles. The molecule has 1 unspecified atom stereocenters. The molecule has 1 fully saturated rings. The number of hydrogen-bond acceptors (Lipinski definition) is 6. The summed E-state index contributed by atoms with van der Waals surface area (Å²) < 4.78 is 27.3. The van der Waals surface area contributed by atoms with Gasteiger partial charge in [-0.25, -0.2) is 27.2 Å². The highest BCUT2D eigenvalue weighted by atomic mass is 32.2. The average molecular weight is 450 g/mol. The standard InChI is InChI=1S/C14H11FN4O3.C6H13NOS/c1-7-9(14(21)22)5-19-12(7)13(16-6-17-19)18-10-3-2-8(15)4-11(10)20;1-9(8)7-5-3-2-4-6-7/h2-6,20H,1H3,(H,21,22)(H,16,17,18);2-6H2,1H3. The van der Waals surface area contributed by atoms with Crippen LogP contribution in [0.3, 0.4) is 0 Å². The lowest BCUT2D eigenvalue weighted by Gasteiger charge is -2.22. The normalized spacial score (nSPS) is 15.2. The first-order valence-electron chi connectivity index (χ1n) is 9.68. The highest BCUT2D eigenvalue weighted by molar-refractivity contribution is 7.81. The number of carboxylic acids is 1. The zero-order valence-corrected chi connectivity index (χ0v) is 18.0. The largest absolute Gasteiger partial charge is 0.506 e.